The molecule has 2 aromatic carbocycles. The average Bonchev–Trinajstić information content (AvgIpc) is 2.39. The molecule has 0 bridgehead atoms. The molecule has 0 aliphatic rings. The number of nitrogens with zero attached hydrogens (tertiary/aromatic N) is 1. The van der Waals surface area contributed by atoms with E-state index in [9.17, 15) is 0 Å². The van der Waals surface area contributed by atoms with Gasteiger partial charge >= 0.3 is 0 Å². The Bertz CT molecular complexity index is 672. The van der Waals surface area contributed by atoms with Crippen LogP contribution in [0.4, 0.5) is 5.69 Å². The first kappa shape index (κ1) is 15.5. The summed E-state index contributed by atoms with van der Waals surface area (Å²) < 4.78 is 0.814. The van der Waals surface area contributed by atoms with Crippen molar-refractivity contribution in [1.82, 2.24) is 0 Å². The quantitative estimate of drug-likeness (QED) is 0.709. The van der Waals surface area contributed by atoms with Crippen LogP contribution < -0.4 is 5.32 Å². The molecule has 0 unspecified atom stereocenters. The van der Waals surface area contributed by atoms with Gasteiger partial charge < -0.3 is 5.32 Å². The van der Waals surface area contributed by atoms with Crippen LogP contribution in [-0.4, -0.2) is 0 Å². The van der Waals surface area contributed by atoms with Gasteiger partial charge in [-0.25, -0.2) is 0 Å². The molecule has 0 aliphatic carbocycles. The summed E-state index contributed by atoms with van der Waals surface area (Å²) in [6.07, 6.45) is 0. The average molecular weight is 390 g/mol. The maximum absolute atomic E-state index is 8.80. The Balaban J connectivity index is 2.20. The number of halogens is 4. The number of rotatable bonds is 3. The molecule has 0 aromatic heterocycles. The maximum atomic E-state index is 8.80. The monoisotopic (exact) mass is 388 g/mol. The van der Waals surface area contributed by atoms with Crippen molar-refractivity contribution in [2.75, 3.05) is 5.32 Å². The Labute approximate surface area is 140 Å². The zero-order valence-electron chi connectivity index (χ0n) is 10.1. The lowest BCUT2D eigenvalue weighted by molar-refractivity contribution is 1.15. The van der Waals surface area contributed by atoms with Gasteiger partial charge in [-0.05, 0) is 29.8 Å². The van der Waals surface area contributed by atoms with E-state index in [1.807, 2.05) is 6.07 Å². The van der Waals surface area contributed by atoms with Crippen molar-refractivity contribution in [2.24, 2.45) is 0 Å². The highest BCUT2D eigenvalue weighted by Crippen LogP contribution is 2.34. The minimum absolute atomic E-state index is 0.464. The SMILES string of the molecule is N#Cc1ccc(CNc2c(Cl)cc(Br)cc2Cl)c(Cl)c1. The minimum Gasteiger partial charge on any atom is -0.378 e. The van der Waals surface area contributed by atoms with E-state index in [1.54, 1.807) is 30.3 Å². The predicted octanol–water partition coefficient (Wildman–Crippen LogP) is 5.89. The number of anilines is 1. The van der Waals surface area contributed by atoms with Crippen LogP contribution in [0.1, 0.15) is 11.1 Å². The van der Waals surface area contributed by atoms with Gasteiger partial charge in [0.2, 0.25) is 0 Å². The standard InChI is InChI=1S/C14H8BrCl3N2/c15-10-4-12(17)14(13(18)5-10)20-7-9-2-1-8(6-19)3-11(9)16/h1-5,20H,7H2. The van der Waals surface area contributed by atoms with E-state index in [2.05, 4.69) is 21.2 Å². The van der Waals surface area contributed by atoms with Crippen molar-refractivity contribution >= 4 is 56.4 Å². The van der Waals surface area contributed by atoms with Crippen molar-refractivity contribution in [2.45, 2.75) is 6.54 Å². The second-order valence-electron chi connectivity index (χ2n) is 4.02. The lowest BCUT2D eigenvalue weighted by Crippen LogP contribution is -2.01. The van der Waals surface area contributed by atoms with Gasteiger partial charge in [-0.3, -0.25) is 0 Å². The normalized spacial score (nSPS) is 10.2. The van der Waals surface area contributed by atoms with Crippen LogP contribution >= 0.6 is 50.7 Å². The summed E-state index contributed by atoms with van der Waals surface area (Å²) in [7, 11) is 0. The van der Waals surface area contributed by atoms with Crippen LogP contribution in [0, 0.1) is 11.3 Å². The first-order chi connectivity index (χ1) is 9.51. The highest BCUT2D eigenvalue weighted by molar-refractivity contribution is 9.10. The molecular formula is C14H8BrCl3N2. The summed E-state index contributed by atoms with van der Waals surface area (Å²) in [4.78, 5) is 0. The van der Waals surface area contributed by atoms with Gasteiger partial charge in [0.25, 0.3) is 0 Å². The molecule has 0 spiro atoms. The Kier molecular flexibility index (Phi) is 5.17. The Morgan fingerprint density at radius 3 is 2.25 bits per heavy atom. The minimum atomic E-state index is 0.464. The fraction of sp³-hybridized carbons (Fsp3) is 0.0714. The molecule has 102 valence electrons. The van der Waals surface area contributed by atoms with Crippen LogP contribution in [0.15, 0.2) is 34.8 Å². The molecule has 0 saturated carbocycles. The van der Waals surface area contributed by atoms with Crippen LogP contribution in [0.2, 0.25) is 15.1 Å². The van der Waals surface area contributed by atoms with Gasteiger partial charge in [-0.2, -0.15) is 5.26 Å². The summed E-state index contributed by atoms with van der Waals surface area (Å²) in [6.45, 7) is 0.464. The molecule has 2 nitrogen and oxygen atoms in total. The van der Waals surface area contributed by atoms with Crippen molar-refractivity contribution < 1.29 is 0 Å². The van der Waals surface area contributed by atoms with Gasteiger partial charge in [-0.1, -0.05) is 56.8 Å². The van der Waals surface area contributed by atoms with Crippen molar-refractivity contribution in [3.63, 3.8) is 0 Å². The molecule has 2 aromatic rings. The zero-order valence-corrected chi connectivity index (χ0v) is 13.9. The third-order valence-electron chi connectivity index (χ3n) is 2.64. The van der Waals surface area contributed by atoms with Crippen molar-refractivity contribution in [3.8, 4) is 6.07 Å². The lowest BCUT2D eigenvalue weighted by atomic mass is 10.1. The third kappa shape index (κ3) is 3.59. The van der Waals surface area contributed by atoms with Crippen molar-refractivity contribution in [1.29, 1.82) is 5.26 Å². The Morgan fingerprint density at radius 1 is 1.05 bits per heavy atom. The molecule has 0 saturated heterocycles. The van der Waals surface area contributed by atoms with E-state index < -0.39 is 0 Å². The second kappa shape index (κ2) is 6.69. The zero-order chi connectivity index (χ0) is 14.7. The van der Waals surface area contributed by atoms with Crippen LogP contribution in [-0.2, 0) is 6.54 Å². The van der Waals surface area contributed by atoms with E-state index >= 15 is 0 Å². The van der Waals surface area contributed by atoms with E-state index in [0.29, 0.717) is 32.9 Å². The molecule has 6 heteroatoms. The van der Waals surface area contributed by atoms with E-state index in [1.165, 1.54) is 0 Å². The molecule has 2 rings (SSSR count). The fourth-order valence-corrected chi connectivity index (χ4v) is 3.24. The first-order valence-electron chi connectivity index (χ1n) is 5.58. The molecule has 0 amide bonds. The maximum Gasteiger partial charge on any atom is 0.0992 e. The largest absolute Gasteiger partial charge is 0.378 e. The number of hydrogen-bond acceptors (Lipinski definition) is 2. The smallest absolute Gasteiger partial charge is 0.0992 e. The van der Waals surface area contributed by atoms with Gasteiger partial charge in [0.05, 0.1) is 27.4 Å². The van der Waals surface area contributed by atoms with Crippen LogP contribution in [0.3, 0.4) is 0 Å². The highest BCUT2D eigenvalue weighted by atomic mass is 79.9. The van der Waals surface area contributed by atoms with E-state index in [-0.39, 0.29) is 0 Å². The highest BCUT2D eigenvalue weighted by Gasteiger charge is 2.08. The van der Waals surface area contributed by atoms with Gasteiger partial charge in [0.1, 0.15) is 0 Å². The lowest BCUT2D eigenvalue weighted by Gasteiger charge is -2.12. The van der Waals surface area contributed by atoms with Gasteiger partial charge in [0.15, 0.2) is 0 Å². The topological polar surface area (TPSA) is 35.8 Å². The van der Waals surface area contributed by atoms with E-state index in [4.69, 9.17) is 40.1 Å². The predicted molar refractivity (Wildman–Crippen MR) is 87.7 cm³/mol. The third-order valence-corrected chi connectivity index (χ3v) is 4.05. The van der Waals surface area contributed by atoms with Crippen LogP contribution in [0.5, 0.6) is 0 Å². The summed E-state index contributed by atoms with van der Waals surface area (Å²) in [5.74, 6) is 0. The molecule has 20 heavy (non-hydrogen) atoms. The molecule has 0 aliphatic heterocycles. The van der Waals surface area contributed by atoms with E-state index in [0.717, 1.165) is 10.0 Å². The Hall–Kier alpha value is -0.920. The van der Waals surface area contributed by atoms with Crippen molar-refractivity contribution in [3.05, 3.63) is 61.0 Å². The molecule has 0 radical (unpaired) electrons. The number of nitriles is 1. The number of benzene rings is 2. The molecule has 1 N–H and O–H groups in total. The summed E-state index contributed by atoms with van der Waals surface area (Å²) >= 11 is 21.7. The molecule has 0 fully saturated rings. The Morgan fingerprint density at radius 2 is 1.70 bits per heavy atom. The number of nitrogens with one attached hydrogen (secondary N) is 1. The summed E-state index contributed by atoms with van der Waals surface area (Å²) in [5, 5.41) is 13.5. The second-order valence-corrected chi connectivity index (χ2v) is 6.15. The van der Waals surface area contributed by atoms with Gasteiger partial charge in [-0.15, -0.1) is 0 Å². The van der Waals surface area contributed by atoms with Gasteiger partial charge in [0, 0.05) is 16.0 Å². The summed E-state index contributed by atoms with van der Waals surface area (Å²) in [6, 6.07) is 10.7. The number of hydrogen-bond donors (Lipinski definition) is 1. The molecule has 0 heterocycles. The fourth-order valence-electron chi connectivity index (χ4n) is 1.65. The first-order valence-corrected chi connectivity index (χ1v) is 7.51. The molecule has 0 atom stereocenters. The van der Waals surface area contributed by atoms with Crippen LogP contribution in [0.25, 0.3) is 0 Å². The summed E-state index contributed by atoms with van der Waals surface area (Å²) in [5.41, 5.74) is 2.04. The molecular weight excluding hydrogens is 382 g/mol.